The molecule has 1 aromatic carbocycles. The number of halogens is 3. The lowest BCUT2D eigenvalue weighted by atomic mass is 10.2. The van der Waals surface area contributed by atoms with Gasteiger partial charge in [-0.3, -0.25) is 9.48 Å². The Balaban J connectivity index is 2.11. The Kier molecular flexibility index (Phi) is 5.86. The minimum atomic E-state index is -4.51. The number of aromatic nitrogens is 2. The minimum Gasteiger partial charge on any atom is -0.351 e. The largest absolute Gasteiger partial charge is 0.416 e. The van der Waals surface area contributed by atoms with Crippen molar-refractivity contribution in [2.24, 2.45) is 7.05 Å². The number of nitrogens with zero attached hydrogens (tertiary/aromatic N) is 2. The molecular formula is C16H18F3N5O2. The molecular weight excluding hydrogens is 351 g/mol. The fourth-order valence-electron chi connectivity index (χ4n) is 2.18. The summed E-state index contributed by atoms with van der Waals surface area (Å²) in [7, 11) is 1.54. The molecule has 2 rings (SSSR count). The average Bonchev–Trinajstić information content (AvgIpc) is 2.92. The monoisotopic (exact) mass is 369 g/mol. The van der Waals surface area contributed by atoms with Gasteiger partial charge in [0, 0.05) is 19.3 Å². The molecule has 0 atom stereocenters. The number of nitrogens with one attached hydrogen (secondary N) is 3. The van der Waals surface area contributed by atoms with Gasteiger partial charge in [-0.15, -0.1) is 0 Å². The van der Waals surface area contributed by atoms with E-state index in [1.54, 1.807) is 0 Å². The molecule has 0 bridgehead atoms. The van der Waals surface area contributed by atoms with Gasteiger partial charge in [-0.05, 0) is 24.6 Å². The molecule has 0 fully saturated rings. The van der Waals surface area contributed by atoms with Gasteiger partial charge in [0.25, 0.3) is 5.91 Å². The number of benzene rings is 1. The number of urea groups is 1. The van der Waals surface area contributed by atoms with Crippen molar-refractivity contribution >= 4 is 23.3 Å². The molecule has 0 aliphatic rings. The van der Waals surface area contributed by atoms with Crippen molar-refractivity contribution in [3.63, 3.8) is 0 Å². The van der Waals surface area contributed by atoms with Gasteiger partial charge in [-0.1, -0.05) is 13.0 Å². The summed E-state index contributed by atoms with van der Waals surface area (Å²) in [5.74, 6) is -0.416. The Morgan fingerprint density at radius 2 is 1.96 bits per heavy atom. The quantitative estimate of drug-likeness (QED) is 0.756. The molecule has 3 N–H and O–H groups in total. The van der Waals surface area contributed by atoms with Gasteiger partial charge in [-0.2, -0.15) is 18.3 Å². The van der Waals surface area contributed by atoms with Crippen LogP contribution in [-0.2, 0) is 13.2 Å². The van der Waals surface area contributed by atoms with E-state index in [0.717, 1.165) is 18.6 Å². The summed E-state index contributed by atoms with van der Waals surface area (Å²) in [6.07, 6.45) is -2.49. The van der Waals surface area contributed by atoms with Crippen molar-refractivity contribution in [3.05, 3.63) is 41.7 Å². The SMILES string of the molecule is CCCNC(=O)c1c(NC(=O)Nc2cccc(C(F)(F)F)c2)cnn1C. The molecule has 1 heterocycles. The summed E-state index contributed by atoms with van der Waals surface area (Å²) in [4.78, 5) is 24.2. The number of carbonyl (C=O) groups excluding carboxylic acids is 2. The predicted octanol–water partition coefficient (Wildman–Crippen LogP) is 3.22. The number of amides is 3. The average molecular weight is 369 g/mol. The van der Waals surface area contributed by atoms with Crippen molar-refractivity contribution in [1.29, 1.82) is 0 Å². The maximum Gasteiger partial charge on any atom is 0.416 e. The van der Waals surface area contributed by atoms with Crippen molar-refractivity contribution in [2.75, 3.05) is 17.2 Å². The van der Waals surface area contributed by atoms with E-state index < -0.39 is 23.7 Å². The molecule has 7 nitrogen and oxygen atoms in total. The van der Waals surface area contributed by atoms with Crippen LogP contribution in [0.3, 0.4) is 0 Å². The topological polar surface area (TPSA) is 88.1 Å². The van der Waals surface area contributed by atoms with E-state index in [-0.39, 0.29) is 17.1 Å². The number of hydrogen-bond acceptors (Lipinski definition) is 3. The van der Waals surface area contributed by atoms with E-state index in [1.165, 1.54) is 30.1 Å². The zero-order valence-electron chi connectivity index (χ0n) is 14.1. The zero-order valence-corrected chi connectivity index (χ0v) is 14.1. The van der Waals surface area contributed by atoms with Gasteiger partial charge >= 0.3 is 12.2 Å². The lowest BCUT2D eigenvalue weighted by Crippen LogP contribution is -2.28. The first-order valence-electron chi connectivity index (χ1n) is 7.77. The molecule has 2 aromatic rings. The number of carbonyl (C=O) groups is 2. The third-order valence-electron chi connectivity index (χ3n) is 3.39. The van der Waals surface area contributed by atoms with E-state index >= 15 is 0 Å². The third kappa shape index (κ3) is 4.74. The molecule has 0 aliphatic heterocycles. The highest BCUT2D eigenvalue weighted by molar-refractivity contribution is 6.05. The van der Waals surface area contributed by atoms with Crippen LogP contribution in [0.2, 0.25) is 0 Å². The highest BCUT2D eigenvalue weighted by atomic mass is 19.4. The number of rotatable bonds is 5. The smallest absolute Gasteiger partial charge is 0.351 e. The van der Waals surface area contributed by atoms with E-state index in [9.17, 15) is 22.8 Å². The Bertz CT molecular complexity index is 801. The lowest BCUT2D eigenvalue weighted by molar-refractivity contribution is -0.137. The van der Waals surface area contributed by atoms with Crippen molar-refractivity contribution in [1.82, 2.24) is 15.1 Å². The molecule has 0 radical (unpaired) electrons. The summed E-state index contributed by atoms with van der Waals surface area (Å²) in [5, 5.41) is 11.3. The molecule has 0 saturated heterocycles. The van der Waals surface area contributed by atoms with Crippen LogP contribution in [0.4, 0.5) is 29.3 Å². The summed E-state index contributed by atoms with van der Waals surface area (Å²) < 4.78 is 39.4. The molecule has 0 aliphatic carbocycles. The molecule has 10 heteroatoms. The Morgan fingerprint density at radius 3 is 2.62 bits per heavy atom. The molecule has 3 amide bonds. The highest BCUT2D eigenvalue weighted by Crippen LogP contribution is 2.30. The van der Waals surface area contributed by atoms with Gasteiger partial charge in [0.2, 0.25) is 0 Å². The first-order valence-corrected chi connectivity index (χ1v) is 7.77. The Morgan fingerprint density at radius 1 is 1.23 bits per heavy atom. The van der Waals surface area contributed by atoms with Crippen LogP contribution in [0, 0.1) is 0 Å². The van der Waals surface area contributed by atoms with Crippen LogP contribution in [0.15, 0.2) is 30.5 Å². The van der Waals surface area contributed by atoms with Gasteiger partial charge in [-0.25, -0.2) is 4.79 Å². The van der Waals surface area contributed by atoms with Crippen LogP contribution in [-0.4, -0.2) is 28.3 Å². The van der Waals surface area contributed by atoms with E-state index in [2.05, 4.69) is 21.0 Å². The number of alkyl halides is 3. The lowest BCUT2D eigenvalue weighted by Gasteiger charge is -2.11. The summed E-state index contributed by atoms with van der Waals surface area (Å²) in [6.45, 7) is 2.35. The van der Waals surface area contributed by atoms with Crippen LogP contribution in [0.25, 0.3) is 0 Å². The van der Waals surface area contributed by atoms with E-state index in [4.69, 9.17) is 0 Å². The fourth-order valence-corrected chi connectivity index (χ4v) is 2.18. The zero-order chi connectivity index (χ0) is 19.3. The van der Waals surface area contributed by atoms with Crippen LogP contribution >= 0.6 is 0 Å². The second-order valence-corrected chi connectivity index (χ2v) is 5.44. The summed E-state index contributed by atoms with van der Waals surface area (Å²) in [5.41, 5.74) is -0.627. The molecule has 26 heavy (non-hydrogen) atoms. The number of aryl methyl sites for hydroxylation is 1. The predicted molar refractivity (Wildman–Crippen MR) is 89.9 cm³/mol. The number of hydrogen-bond donors (Lipinski definition) is 3. The number of anilines is 2. The van der Waals surface area contributed by atoms with Crippen LogP contribution < -0.4 is 16.0 Å². The van der Waals surface area contributed by atoms with Gasteiger partial charge in [0.05, 0.1) is 17.4 Å². The summed E-state index contributed by atoms with van der Waals surface area (Å²) >= 11 is 0. The Hall–Kier alpha value is -3.04. The second-order valence-electron chi connectivity index (χ2n) is 5.44. The molecule has 0 saturated carbocycles. The fraction of sp³-hybridized carbons (Fsp3) is 0.312. The van der Waals surface area contributed by atoms with Crippen LogP contribution in [0.5, 0.6) is 0 Å². The van der Waals surface area contributed by atoms with E-state index in [1.807, 2.05) is 6.92 Å². The third-order valence-corrected chi connectivity index (χ3v) is 3.39. The molecule has 1 aromatic heterocycles. The maximum absolute atomic E-state index is 12.7. The summed E-state index contributed by atoms with van der Waals surface area (Å²) in [6, 6.07) is 3.44. The molecule has 140 valence electrons. The maximum atomic E-state index is 12.7. The molecule has 0 unspecified atom stereocenters. The van der Waals surface area contributed by atoms with Gasteiger partial charge < -0.3 is 16.0 Å². The van der Waals surface area contributed by atoms with Gasteiger partial charge in [0.1, 0.15) is 5.69 Å². The van der Waals surface area contributed by atoms with Crippen molar-refractivity contribution < 1.29 is 22.8 Å². The highest BCUT2D eigenvalue weighted by Gasteiger charge is 2.30. The first-order chi connectivity index (χ1) is 12.2. The Labute approximate surface area is 147 Å². The van der Waals surface area contributed by atoms with Crippen molar-refractivity contribution in [2.45, 2.75) is 19.5 Å². The molecule has 0 spiro atoms. The normalized spacial score (nSPS) is 11.1. The first kappa shape index (κ1) is 19.3. The van der Waals surface area contributed by atoms with Crippen molar-refractivity contribution in [3.8, 4) is 0 Å². The minimum absolute atomic E-state index is 0.0294. The second kappa shape index (κ2) is 7.89. The van der Waals surface area contributed by atoms with Gasteiger partial charge in [0.15, 0.2) is 0 Å². The van der Waals surface area contributed by atoms with Crippen LogP contribution in [0.1, 0.15) is 29.4 Å². The standard InChI is InChI=1S/C16H18F3N5O2/c1-3-7-20-14(25)13-12(9-21-24(13)2)23-15(26)22-11-6-4-5-10(8-11)16(17,18)19/h4-6,8-9H,3,7H2,1-2H3,(H,20,25)(H2,22,23,26). The van der Waals surface area contributed by atoms with E-state index in [0.29, 0.717) is 6.54 Å².